The first-order chi connectivity index (χ1) is 10.3. The Balaban J connectivity index is 1.74. The van der Waals surface area contributed by atoms with E-state index in [0.717, 1.165) is 20.9 Å². The van der Waals surface area contributed by atoms with E-state index in [-0.39, 0.29) is 0 Å². The number of aromatic nitrogens is 2. The quantitative estimate of drug-likeness (QED) is 0.589. The average Bonchev–Trinajstić information content (AvgIpc) is 3.14. The Bertz CT molecular complexity index is 742. The first-order valence-electron chi connectivity index (χ1n) is 6.09. The Hall–Kier alpha value is -1.31. The zero-order valence-electron chi connectivity index (χ0n) is 11.1. The molecule has 21 heavy (non-hydrogen) atoms. The van der Waals surface area contributed by atoms with Gasteiger partial charge in [-0.1, -0.05) is 23.9 Å². The zero-order valence-corrected chi connectivity index (χ0v) is 14.3. The van der Waals surface area contributed by atoms with Gasteiger partial charge in [-0.25, -0.2) is 0 Å². The van der Waals surface area contributed by atoms with Gasteiger partial charge >= 0.3 is 0 Å². The minimum Gasteiger partial charge on any atom is -0.496 e. The molecule has 3 rings (SSSR count). The van der Waals surface area contributed by atoms with E-state index in [2.05, 4.69) is 37.6 Å². The summed E-state index contributed by atoms with van der Waals surface area (Å²) in [7, 11) is 1.62. The van der Waals surface area contributed by atoms with Gasteiger partial charge in [0.1, 0.15) is 5.75 Å². The fourth-order valence-corrected chi connectivity index (χ4v) is 3.77. The maximum absolute atomic E-state index is 5.69. The van der Waals surface area contributed by atoms with Crippen LogP contribution in [0.2, 0.25) is 0 Å². The summed E-state index contributed by atoms with van der Waals surface area (Å²) in [6.45, 7) is 0. The van der Waals surface area contributed by atoms with Gasteiger partial charge in [0.05, 0.1) is 16.5 Å². The van der Waals surface area contributed by atoms with Crippen molar-refractivity contribution < 1.29 is 9.15 Å². The number of thiophene rings is 1. The summed E-state index contributed by atoms with van der Waals surface area (Å²) in [6, 6.07) is 9.68. The number of nitrogens with zero attached hydrogens (tertiary/aromatic N) is 2. The van der Waals surface area contributed by atoms with Crippen LogP contribution in [-0.4, -0.2) is 17.3 Å². The van der Waals surface area contributed by atoms with Gasteiger partial charge in [0.2, 0.25) is 0 Å². The van der Waals surface area contributed by atoms with Crippen LogP contribution in [0.1, 0.15) is 5.56 Å². The molecule has 1 aromatic carbocycles. The number of methoxy groups -OCH3 is 1. The highest BCUT2D eigenvalue weighted by Gasteiger charge is 2.13. The normalized spacial score (nSPS) is 10.8. The molecule has 108 valence electrons. The second kappa shape index (κ2) is 6.64. The van der Waals surface area contributed by atoms with Crippen LogP contribution in [0.25, 0.3) is 11.5 Å². The number of para-hydroxylation sites is 1. The molecule has 0 atom stereocenters. The number of ether oxygens (including phenoxy) is 1. The Morgan fingerprint density at radius 1 is 1.33 bits per heavy atom. The Labute approximate surface area is 138 Å². The molecule has 0 N–H and O–H groups in total. The lowest BCUT2D eigenvalue weighted by atomic mass is 10.2. The lowest BCUT2D eigenvalue weighted by Gasteiger charge is -2.03. The van der Waals surface area contributed by atoms with E-state index in [1.807, 2.05) is 24.3 Å². The second-order valence-corrected chi connectivity index (χ2v) is 7.34. The molecule has 2 aromatic heterocycles. The van der Waals surface area contributed by atoms with Crippen molar-refractivity contribution in [2.75, 3.05) is 7.11 Å². The second-order valence-electron chi connectivity index (χ2n) is 4.12. The molecule has 0 fully saturated rings. The van der Waals surface area contributed by atoms with E-state index in [9.17, 15) is 0 Å². The van der Waals surface area contributed by atoms with Crippen molar-refractivity contribution in [1.82, 2.24) is 10.2 Å². The van der Waals surface area contributed by atoms with Gasteiger partial charge in [-0.05, 0) is 45.1 Å². The van der Waals surface area contributed by atoms with E-state index < -0.39 is 0 Å². The molecule has 0 aliphatic heterocycles. The minimum atomic E-state index is 0.474. The van der Waals surface area contributed by atoms with Crippen molar-refractivity contribution in [3.63, 3.8) is 0 Å². The molecule has 0 unspecified atom stereocenters. The molecule has 0 spiro atoms. The fraction of sp³-hybridized carbons (Fsp3) is 0.143. The molecule has 0 radical (unpaired) electrons. The molecule has 0 saturated carbocycles. The van der Waals surface area contributed by atoms with Crippen LogP contribution in [-0.2, 0) is 5.75 Å². The van der Waals surface area contributed by atoms with Crippen molar-refractivity contribution in [2.45, 2.75) is 11.0 Å². The van der Waals surface area contributed by atoms with Crippen LogP contribution >= 0.6 is 39.0 Å². The van der Waals surface area contributed by atoms with E-state index in [1.54, 1.807) is 18.4 Å². The van der Waals surface area contributed by atoms with Crippen molar-refractivity contribution in [1.29, 1.82) is 0 Å². The van der Waals surface area contributed by atoms with Gasteiger partial charge in [-0.15, -0.1) is 21.5 Å². The van der Waals surface area contributed by atoms with Crippen molar-refractivity contribution in [2.24, 2.45) is 0 Å². The number of thioether (sulfide) groups is 1. The largest absolute Gasteiger partial charge is 0.496 e. The van der Waals surface area contributed by atoms with Crippen LogP contribution < -0.4 is 4.74 Å². The van der Waals surface area contributed by atoms with Gasteiger partial charge in [0.15, 0.2) is 0 Å². The zero-order chi connectivity index (χ0) is 14.7. The summed E-state index contributed by atoms with van der Waals surface area (Å²) in [6.07, 6.45) is 0. The molecule has 0 saturated heterocycles. The van der Waals surface area contributed by atoms with E-state index >= 15 is 0 Å². The lowest BCUT2D eigenvalue weighted by Crippen LogP contribution is -1.87. The number of halogens is 1. The fourth-order valence-electron chi connectivity index (χ4n) is 1.76. The highest BCUT2D eigenvalue weighted by atomic mass is 79.9. The molecule has 3 aromatic rings. The summed E-state index contributed by atoms with van der Waals surface area (Å²) in [5, 5.41) is 10.8. The van der Waals surface area contributed by atoms with Crippen molar-refractivity contribution in [3.8, 4) is 17.2 Å². The Morgan fingerprint density at radius 2 is 2.19 bits per heavy atom. The van der Waals surface area contributed by atoms with Crippen LogP contribution in [0, 0.1) is 0 Å². The van der Waals surface area contributed by atoms with E-state index in [4.69, 9.17) is 9.15 Å². The smallest absolute Gasteiger partial charge is 0.277 e. The molecule has 0 bridgehead atoms. The summed E-state index contributed by atoms with van der Waals surface area (Å²) in [5.74, 6) is 2.00. The Morgan fingerprint density at radius 3 is 2.95 bits per heavy atom. The van der Waals surface area contributed by atoms with Crippen LogP contribution in [0.4, 0.5) is 0 Å². The molecule has 7 heteroatoms. The molecular formula is C14H11BrN2O2S2. The molecule has 2 heterocycles. The predicted octanol–water partition coefficient (Wildman–Crippen LogP) is 4.86. The van der Waals surface area contributed by atoms with Crippen LogP contribution in [0.15, 0.2) is 49.1 Å². The number of rotatable bonds is 5. The lowest BCUT2D eigenvalue weighted by molar-refractivity contribution is 0.411. The van der Waals surface area contributed by atoms with Crippen LogP contribution in [0.3, 0.4) is 0 Å². The van der Waals surface area contributed by atoms with Gasteiger partial charge in [0.25, 0.3) is 11.1 Å². The highest BCUT2D eigenvalue weighted by molar-refractivity contribution is 9.11. The molecule has 0 aliphatic rings. The first-order valence-corrected chi connectivity index (χ1v) is 8.74. The molecule has 4 nitrogen and oxygen atoms in total. The van der Waals surface area contributed by atoms with Gasteiger partial charge in [0, 0.05) is 5.75 Å². The summed E-state index contributed by atoms with van der Waals surface area (Å²) < 4.78 is 12.1. The number of hydrogen-bond acceptors (Lipinski definition) is 6. The topological polar surface area (TPSA) is 48.2 Å². The maximum atomic E-state index is 5.69. The third-order valence-corrected chi connectivity index (χ3v) is 5.17. The van der Waals surface area contributed by atoms with Gasteiger partial charge in [-0.3, -0.25) is 0 Å². The molecular weight excluding hydrogens is 372 g/mol. The monoisotopic (exact) mass is 382 g/mol. The van der Waals surface area contributed by atoms with E-state index in [0.29, 0.717) is 11.1 Å². The highest BCUT2D eigenvalue weighted by Crippen LogP contribution is 2.32. The number of benzene rings is 1. The third kappa shape index (κ3) is 3.48. The summed E-state index contributed by atoms with van der Waals surface area (Å²) in [4.78, 5) is 0. The van der Waals surface area contributed by atoms with Gasteiger partial charge in [-0.2, -0.15) is 0 Å². The predicted molar refractivity (Wildman–Crippen MR) is 87.9 cm³/mol. The summed E-state index contributed by atoms with van der Waals surface area (Å²) in [5.41, 5.74) is 2.03. The molecule has 0 aliphatic carbocycles. The summed E-state index contributed by atoms with van der Waals surface area (Å²) >= 11 is 6.64. The molecule has 0 amide bonds. The van der Waals surface area contributed by atoms with Gasteiger partial charge < -0.3 is 9.15 Å². The Kier molecular flexibility index (Phi) is 4.62. The third-order valence-electron chi connectivity index (χ3n) is 2.73. The van der Waals surface area contributed by atoms with Crippen molar-refractivity contribution >= 4 is 39.0 Å². The standard InChI is InChI=1S/C14H11BrN2O2S2/c1-18-11-5-3-2-4-10(11)13-16-17-14(19-13)21-8-9-6-12(15)20-7-9/h2-7H,8H2,1H3. The van der Waals surface area contributed by atoms with Crippen molar-refractivity contribution in [3.05, 3.63) is 45.1 Å². The first kappa shape index (κ1) is 14.6. The average molecular weight is 383 g/mol. The maximum Gasteiger partial charge on any atom is 0.277 e. The van der Waals surface area contributed by atoms with Crippen LogP contribution in [0.5, 0.6) is 5.75 Å². The number of hydrogen-bond donors (Lipinski definition) is 0. The minimum absolute atomic E-state index is 0.474. The van der Waals surface area contributed by atoms with E-state index in [1.165, 1.54) is 17.3 Å². The SMILES string of the molecule is COc1ccccc1-c1nnc(SCc2csc(Br)c2)o1.